The maximum Gasteiger partial charge on any atom is 0.328 e. The van der Waals surface area contributed by atoms with Gasteiger partial charge in [-0.25, -0.2) is 4.79 Å². The standard InChI is InChI=1S/C17H25NO3/c1-2-12-18-17(16(19)20,14-7-4-3-5-8-14)11-13-21-15-9-6-10-15/h3-5,7-8,15,18H,2,6,9-13H2,1H3,(H,19,20). The Morgan fingerprint density at radius 2 is 2.10 bits per heavy atom. The van der Waals surface area contributed by atoms with Crippen LogP contribution in [0.15, 0.2) is 30.3 Å². The van der Waals surface area contributed by atoms with Crippen LogP contribution >= 0.6 is 0 Å². The minimum atomic E-state index is -1.05. The van der Waals surface area contributed by atoms with Gasteiger partial charge in [0.2, 0.25) is 0 Å². The Morgan fingerprint density at radius 1 is 1.38 bits per heavy atom. The Hall–Kier alpha value is -1.39. The molecule has 4 heteroatoms. The molecule has 1 aromatic carbocycles. The third-order valence-corrected chi connectivity index (χ3v) is 4.19. The van der Waals surface area contributed by atoms with Crippen LogP contribution < -0.4 is 5.32 Å². The number of hydrogen-bond acceptors (Lipinski definition) is 3. The predicted molar refractivity (Wildman–Crippen MR) is 82.3 cm³/mol. The summed E-state index contributed by atoms with van der Waals surface area (Å²) in [6.07, 6.45) is 5.11. The molecule has 0 bridgehead atoms. The second kappa shape index (κ2) is 7.57. The van der Waals surface area contributed by atoms with Crippen LogP contribution in [0.3, 0.4) is 0 Å². The molecule has 2 rings (SSSR count). The van der Waals surface area contributed by atoms with Gasteiger partial charge in [0.25, 0.3) is 0 Å². The molecule has 1 aliphatic carbocycles. The molecule has 1 aliphatic rings. The molecule has 1 saturated carbocycles. The van der Waals surface area contributed by atoms with Crippen molar-refractivity contribution in [3.63, 3.8) is 0 Å². The number of nitrogens with one attached hydrogen (secondary N) is 1. The monoisotopic (exact) mass is 291 g/mol. The van der Waals surface area contributed by atoms with E-state index < -0.39 is 11.5 Å². The highest BCUT2D eigenvalue weighted by atomic mass is 16.5. The summed E-state index contributed by atoms with van der Waals surface area (Å²) in [5, 5.41) is 13.1. The van der Waals surface area contributed by atoms with E-state index >= 15 is 0 Å². The number of carbonyl (C=O) groups is 1. The van der Waals surface area contributed by atoms with Gasteiger partial charge in [-0.3, -0.25) is 5.32 Å². The topological polar surface area (TPSA) is 58.6 Å². The first kappa shape index (κ1) is 16.0. The van der Waals surface area contributed by atoms with E-state index in [9.17, 15) is 9.90 Å². The van der Waals surface area contributed by atoms with E-state index in [0.29, 0.717) is 25.7 Å². The smallest absolute Gasteiger partial charge is 0.328 e. The zero-order valence-corrected chi connectivity index (χ0v) is 12.7. The molecular formula is C17H25NO3. The molecule has 0 spiro atoms. The Bertz CT molecular complexity index is 445. The van der Waals surface area contributed by atoms with Crippen LogP contribution in [0.1, 0.15) is 44.6 Å². The summed E-state index contributed by atoms with van der Waals surface area (Å²) in [7, 11) is 0. The fraction of sp³-hybridized carbons (Fsp3) is 0.588. The van der Waals surface area contributed by atoms with E-state index in [0.717, 1.165) is 24.8 Å². The molecule has 1 fully saturated rings. The average Bonchev–Trinajstić information content (AvgIpc) is 2.45. The fourth-order valence-electron chi connectivity index (χ4n) is 2.62. The molecule has 0 saturated heterocycles. The van der Waals surface area contributed by atoms with E-state index in [2.05, 4.69) is 5.32 Å². The fourth-order valence-corrected chi connectivity index (χ4v) is 2.62. The molecule has 2 N–H and O–H groups in total. The van der Waals surface area contributed by atoms with Crippen molar-refractivity contribution in [3.8, 4) is 0 Å². The van der Waals surface area contributed by atoms with Crippen LogP contribution in [0.2, 0.25) is 0 Å². The zero-order valence-electron chi connectivity index (χ0n) is 12.7. The molecule has 0 aromatic heterocycles. The SMILES string of the molecule is CCCNC(CCOC1CCC1)(C(=O)O)c1ccccc1. The summed E-state index contributed by atoms with van der Waals surface area (Å²) >= 11 is 0. The van der Waals surface area contributed by atoms with Crippen LogP contribution in [-0.4, -0.2) is 30.3 Å². The summed E-state index contributed by atoms with van der Waals surface area (Å²) in [5.74, 6) is -0.834. The molecular weight excluding hydrogens is 266 g/mol. The first-order valence-electron chi connectivity index (χ1n) is 7.84. The van der Waals surface area contributed by atoms with Crippen molar-refractivity contribution >= 4 is 5.97 Å². The molecule has 0 amide bonds. The summed E-state index contributed by atoms with van der Waals surface area (Å²) in [6.45, 7) is 3.18. The van der Waals surface area contributed by atoms with Crippen molar-refractivity contribution in [1.82, 2.24) is 5.32 Å². The summed E-state index contributed by atoms with van der Waals surface area (Å²) < 4.78 is 5.78. The van der Waals surface area contributed by atoms with E-state index in [1.807, 2.05) is 37.3 Å². The quantitative estimate of drug-likeness (QED) is 0.734. The zero-order chi connectivity index (χ0) is 15.1. The van der Waals surface area contributed by atoms with Crippen molar-refractivity contribution in [2.45, 2.75) is 50.7 Å². The highest BCUT2D eigenvalue weighted by Crippen LogP contribution is 2.28. The van der Waals surface area contributed by atoms with Crippen molar-refractivity contribution < 1.29 is 14.6 Å². The lowest BCUT2D eigenvalue weighted by Crippen LogP contribution is -2.50. The van der Waals surface area contributed by atoms with Gasteiger partial charge in [-0.2, -0.15) is 0 Å². The number of carboxylic acids is 1. The van der Waals surface area contributed by atoms with Crippen LogP contribution in [0.4, 0.5) is 0 Å². The molecule has 0 radical (unpaired) electrons. The largest absolute Gasteiger partial charge is 0.480 e. The molecule has 116 valence electrons. The van der Waals surface area contributed by atoms with Gasteiger partial charge in [0.1, 0.15) is 5.54 Å². The molecule has 1 aromatic rings. The molecule has 4 nitrogen and oxygen atoms in total. The van der Waals surface area contributed by atoms with Crippen LogP contribution in [0, 0.1) is 0 Å². The van der Waals surface area contributed by atoms with Gasteiger partial charge in [-0.15, -0.1) is 0 Å². The van der Waals surface area contributed by atoms with Crippen molar-refractivity contribution in [2.75, 3.05) is 13.2 Å². The summed E-state index contributed by atoms with van der Waals surface area (Å²) in [6, 6.07) is 9.42. The predicted octanol–water partition coefficient (Wildman–Crippen LogP) is 2.93. The molecule has 0 heterocycles. The second-order valence-electron chi connectivity index (χ2n) is 5.68. The summed E-state index contributed by atoms with van der Waals surface area (Å²) in [4.78, 5) is 12.0. The molecule has 0 aliphatic heterocycles. The van der Waals surface area contributed by atoms with Gasteiger partial charge >= 0.3 is 5.97 Å². The molecule has 1 atom stereocenters. The lowest BCUT2D eigenvalue weighted by molar-refractivity contribution is -0.147. The van der Waals surface area contributed by atoms with E-state index in [1.54, 1.807) is 0 Å². The van der Waals surface area contributed by atoms with Crippen LogP contribution in [0.5, 0.6) is 0 Å². The van der Waals surface area contributed by atoms with Crippen molar-refractivity contribution in [2.24, 2.45) is 0 Å². The Balaban J connectivity index is 2.11. The van der Waals surface area contributed by atoms with Gasteiger partial charge in [0, 0.05) is 13.0 Å². The minimum Gasteiger partial charge on any atom is -0.480 e. The minimum absolute atomic E-state index is 0.332. The molecule has 21 heavy (non-hydrogen) atoms. The van der Waals surface area contributed by atoms with Gasteiger partial charge in [-0.1, -0.05) is 37.3 Å². The number of ether oxygens (including phenoxy) is 1. The van der Waals surface area contributed by atoms with Crippen molar-refractivity contribution in [1.29, 1.82) is 0 Å². The number of carboxylic acid groups (broad SMARTS) is 1. The third-order valence-electron chi connectivity index (χ3n) is 4.19. The highest BCUT2D eigenvalue weighted by molar-refractivity contribution is 5.80. The van der Waals surface area contributed by atoms with Crippen LogP contribution in [0.25, 0.3) is 0 Å². The maximum atomic E-state index is 12.0. The van der Waals surface area contributed by atoms with Crippen molar-refractivity contribution in [3.05, 3.63) is 35.9 Å². The lowest BCUT2D eigenvalue weighted by Gasteiger charge is -2.33. The number of aliphatic carboxylic acids is 1. The summed E-state index contributed by atoms with van der Waals surface area (Å²) in [5.41, 5.74) is -0.260. The third kappa shape index (κ3) is 3.83. The number of rotatable bonds is 9. The highest BCUT2D eigenvalue weighted by Gasteiger charge is 2.39. The number of hydrogen-bond donors (Lipinski definition) is 2. The lowest BCUT2D eigenvalue weighted by atomic mass is 9.86. The Labute approximate surface area is 126 Å². The van der Waals surface area contributed by atoms with E-state index in [4.69, 9.17) is 4.74 Å². The van der Waals surface area contributed by atoms with Gasteiger partial charge < -0.3 is 9.84 Å². The maximum absolute atomic E-state index is 12.0. The normalized spacial score (nSPS) is 18.0. The van der Waals surface area contributed by atoms with Gasteiger partial charge in [-0.05, 0) is 37.8 Å². The van der Waals surface area contributed by atoms with Gasteiger partial charge in [0.15, 0.2) is 0 Å². The van der Waals surface area contributed by atoms with E-state index in [1.165, 1.54) is 6.42 Å². The first-order valence-corrected chi connectivity index (χ1v) is 7.84. The molecule has 1 unspecified atom stereocenters. The first-order chi connectivity index (χ1) is 10.2. The Morgan fingerprint density at radius 3 is 2.62 bits per heavy atom. The average molecular weight is 291 g/mol. The Kier molecular flexibility index (Phi) is 5.76. The van der Waals surface area contributed by atoms with E-state index in [-0.39, 0.29) is 0 Å². The number of benzene rings is 1. The second-order valence-corrected chi connectivity index (χ2v) is 5.68. The van der Waals surface area contributed by atoms with Crippen LogP contribution in [-0.2, 0) is 15.1 Å². The van der Waals surface area contributed by atoms with Gasteiger partial charge in [0.05, 0.1) is 6.10 Å².